The Kier molecular flexibility index (Phi) is 9.48. The van der Waals surface area contributed by atoms with E-state index in [1.807, 2.05) is 18.5 Å². The lowest BCUT2D eigenvalue weighted by Crippen LogP contribution is -2.39. The first-order valence-electron chi connectivity index (χ1n) is 6.41. The third-order valence-corrected chi connectivity index (χ3v) is 4.27. The van der Waals surface area contributed by atoms with Crippen molar-refractivity contribution in [3.05, 3.63) is 11.6 Å². The predicted molar refractivity (Wildman–Crippen MR) is 83.3 cm³/mol. The number of hydrogen-bond donors (Lipinski definition) is 2. The van der Waals surface area contributed by atoms with E-state index in [1.165, 1.54) is 0 Å². The van der Waals surface area contributed by atoms with E-state index in [9.17, 15) is 0 Å². The van der Waals surface area contributed by atoms with Crippen LogP contribution in [0.4, 0.5) is 0 Å². The van der Waals surface area contributed by atoms with Gasteiger partial charge in [-0.15, -0.1) is 11.3 Å². The van der Waals surface area contributed by atoms with Crippen LogP contribution in [-0.2, 0) is 4.74 Å². The van der Waals surface area contributed by atoms with Crippen LogP contribution in [0.5, 0.6) is 0 Å². The molecule has 0 atom stereocenters. The Morgan fingerprint density at radius 2 is 2.32 bits per heavy atom. The molecule has 0 saturated carbocycles. The minimum Gasteiger partial charge on any atom is -0.380 e. The van der Waals surface area contributed by atoms with Gasteiger partial charge in [0.25, 0.3) is 0 Å². The largest absolute Gasteiger partial charge is 0.380 e. The molecule has 0 bridgehead atoms. The zero-order valence-electron chi connectivity index (χ0n) is 11.5. The lowest BCUT2D eigenvalue weighted by molar-refractivity contribution is 0.152. The fourth-order valence-corrected chi connectivity index (χ4v) is 2.97. The van der Waals surface area contributed by atoms with Gasteiger partial charge in [-0.3, -0.25) is 4.99 Å². The number of rotatable bonds is 9. The quantitative estimate of drug-likeness (QED) is 0.315. The standard InChI is InChI=1S/C12H22N4OS2/c1-3-17-8-6-15-11(13-2)14-5-4-9-18-12-16-7-10-19-12/h7,10H,3-6,8-9H2,1-2H3,(H2,13,14,15). The number of aliphatic imine (C=N–C) groups is 1. The Labute approximate surface area is 123 Å². The van der Waals surface area contributed by atoms with Gasteiger partial charge in [0.05, 0.1) is 6.61 Å². The summed E-state index contributed by atoms with van der Waals surface area (Å²) in [6.45, 7) is 5.14. The summed E-state index contributed by atoms with van der Waals surface area (Å²) in [5, 5.41) is 8.49. The molecule has 1 rings (SSSR count). The summed E-state index contributed by atoms with van der Waals surface area (Å²) in [5.41, 5.74) is 0. The van der Waals surface area contributed by atoms with E-state index >= 15 is 0 Å². The van der Waals surface area contributed by atoms with Crippen LogP contribution >= 0.6 is 23.1 Å². The number of aromatic nitrogens is 1. The van der Waals surface area contributed by atoms with E-state index in [2.05, 4.69) is 20.6 Å². The first kappa shape index (κ1) is 16.3. The van der Waals surface area contributed by atoms with Crippen LogP contribution in [0.3, 0.4) is 0 Å². The van der Waals surface area contributed by atoms with Gasteiger partial charge < -0.3 is 15.4 Å². The average molecular weight is 302 g/mol. The summed E-state index contributed by atoms with van der Waals surface area (Å²) in [6, 6.07) is 0. The van der Waals surface area contributed by atoms with Crippen molar-refractivity contribution >= 4 is 29.1 Å². The molecule has 0 aliphatic rings. The highest BCUT2D eigenvalue weighted by atomic mass is 32.2. The molecule has 0 amide bonds. The zero-order chi connectivity index (χ0) is 13.8. The molecule has 0 aliphatic heterocycles. The molecule has 1 aromatic rings. The van der Waals surface area contributed by atoms with Crippen molar-refractivity contribution < 1.29 is 4.74 Å². The second-order valence-corrected chi connectivity index (χ2v) is 5.86. The monoisotopic (exact) mass is 302 g/mol. The maximum atomic E-state index is 5.26. The molecule has 2 N–H and O–H groups in total. The molecular weight excluding hydrogens is 280 g/mol. The Morgan fingerprint density at radius 3 is 3.00 bits per heavy atom. The summed E-state index contributed by atoms with van der Waals surface area (Å²) in [5.74, 6) is 1.90. The summed E-state index contributed by atoms with van der Waals surface area (Å²) in [6.07, 6.45) is 2.92. The summed E-state index contributed by atoms with van der Waals surface area (Å²) < 4.78 is 6.40. The highest BCUT2D eigenvalue weighted by molar-refractivity contribution is 8.00. The van der Waals surface area contributed by atoms with Crippen LogP contribution < -0.4 is 10.6 Å². The minimum atomic E-state index is 0.705. The Hall–Kier alpha value is -0.790. The first-order valence-corrected chi connectivity index (χ1v) is 8.28. The SMILES string of the molecule is CCOCCNC(=NC)NCCCSc1nccs1. The first-order chi connectivity index (χ1) is 9.36. The van der Waals surface area contributed by atoms with Crippen LogP contribution in [0.1, 0.15) is 13.3 Å². The molecule has 0 aliphatic carbocycles. The molecule has 0 unspecified atom stereocenters. The third-order valence-electron chi connectivity index (χ3n) is 2.22. The minimum absolute atomic E-state index is 0.705. The van der Waals surface area contributed by atoms with E-state index in [1.54, 1.807) is 30.1 Å². The Balaban J connectivity index is 2.00. The molecule has 5 nitrogen and oxygen atoms in total. The van der Waals surface area contributed by atoms with Gasteiger partial charge in [0, 0.05) is 44.1 Å². The molecule has 0 radical (unpaired) electrons. The van der Waals surface area contributed by atoms with Crippen LogP contribution in [0.2, 0.25) is 0 Å². The topological polar surface area (TPSA) is 58.5 Å². The molecule has 7 heteroatoms. The van der Waals surface area contributed by atoms with Crippen LogP contribution in [0, 0.1) is 0 Å². The van der Waals surface area contributed by atoms with Gasteiger partial charge in [0.2, 0.25) is 0 Å². The molecule has 0 aromatic carbocycles. The molecule has 1 heterocycles. The van der Waals surface area contributed by atoms with Gasteiger partial charge in [0.1, 0.15) is 4.34 Å². The van der Waals surface area contributed by atoms with Crippen molar-refractivity contribution in [1.29, 1.82) is 0 Å². The molecule has 0 saturated heterocycles. The molecule has 108 valence electrons. The van der Waals surface area contributed by atoms with Crippen molar-refractivity contribution in [2.45, 2.75) is 17.7 Å². The van der Waals surface area contributed by atoms with Crippen molar-refractivity contribution in [3.63, 3.8) is 0 Å². The van der Waals surface area contributed by atoms with Gasteiger partial charge in [-0.1, -0.05) is 11.8 Å². The summed E-state index contributed by atoms with van der Waals surface area (Å²) in [7, 11) is 1.78. The molecular formula is C12H22N4OS2. The highest BCUT2D eigenvalue weighted by Crippen LogP contribution is 2.20. The Bertz CT molecular complexity index is 344. The third kappa shape index (κ3) is 8.07. The van der Waals surface area contributed by atoms with Crippen molar-refractivity contribution in [2.24, 2.45) is 4.99 Å². The van der Waals surface area contributed by atoms with Gasteiger partial charge in [0.15, 0.2) is 5.96 Å². The molecule has 1 aromatic heterocycles. The zero-order valence-corrected chi connectivity index (χ0v) is 13.1. The highest BCUT2D eigenvalue weighted by Gasteiger charge is 1.98. The van der Waals surface area contributed by atoms with Crippen LogP contribution in [-0.4, -0.2) is 50.0 Å². The van der Waals surface area contributed by atoms with Crippen LogP contribution in [0.15, 0.2) is 20.9 Å². The summed E-state index contributed by atoms with van der Waals surface area (Å²) >= 11 is 3.49. The Morgan fingerprint density at radius 1 is 1.47 bits per heavy atom. The second kappa shape index (κ2) is 11.1. The average Bonchev–Trinajstić information content (AvgIpc) is 2.94. The molecule has 0 spiro atoms. The number of guanidine groups is 1. The maximum Gasteiger partial charge on any atom is 0.191 e. The van der Waals surface area contributed by atoms with Crippen LogP contribution in [0.25, 0.3) is 0 Å². The van der Waals surface area contributed by atoms with Crippen molar-refractivity contribution in [3.8, 4) is 0 Å². The normalized spacial score (nSPS) is 11.6. The fourth-order valence-electron chi connectivity index (χ4n) is 1.33. The van der Waals surface area contributed by atoms with E-state index in [0.717, 1.165) is 42.2 Å². The van der Waals surface area contributed by atoms with E-state index < -0.39 is 0 Å². The van der Waals surface area contributed by atoms with E-state index in [-0.39, 0.29) is 0 Å². The maximum absolute atomic E-state index is 5.26. The lowest BCUT2D eigenvalue weighted by Gasteiger charge is -2.11. The number of ether oxygens (including phenoxy) is 1. The van der Waals surface area contributed by atoms with Crippen molar-refractivity contribution in [1.82, 2.24) is 15.6 Å². The number of thioether (sulfide) groups is 1. The number of thiazole rings is 1. The summed E-state index contributed by atoms with van der Waals surface area (Å²) in [4.78, 5) is 8.39. The van der Waals surface area contributed by atoms with Gasteiger partial charge >= 0.3 is 0 Å². The predicted octanol–water partition coefficient (Wildman–Crippen LogP) is 1.83. The van der Waals surface area contributed by atoms with E-state index in [0.29, 0.717) is 6.61 Å². The fraction of sp³-hybridized carbons (Fsp3) is 0.667. The smallest absolute Gasteiger partial charge is 0.191 e. The van der Waals surface area contributed by atoms with Gasteiger partial charge in [-0.05, 0) is 13.3 Å². The number of nitrogens with zero attached hydrogens (tertiary/aromatic N) is 2. The van der Waals surface area contributed by atoms with Crippen molar-refractivity contribution in [2.75, 3.05) is 39.1 Å². The van der Waals surface area contributed by atoms with E-state index in [4.69, 9.17) is 4.74 Å². The lowest BCUT2D eigenvalue weighted by atomic mass is 10.5. The van der Waals surface area contributed by atoms with Gasteiger partial charge in [-0.2, -0.15) is 0 Å². The number of nitrogens with one attached hydrogen (secondary N) is 2. The molecule has 19 heavy (non-hydrogen) atoms. The second-order valence-electron chi connectivity index (χ2n) is 3.62. The molecule has 0 fully saturated rings. The van der Waals surface area contributed by atoms with Gasteiger partial charge in [-0.25, -0.2) is 4.98 Å². The number of hydrogen-bond acceptors (Lipinski definition) is 5.